The van der Waals surface area contributed by atoms with Crippen LogP contribution in [0.15, 0.2) is 30.3 Å². The van der Waals surface area contributed by atoms with E-state index in [1.807, 2.05) is 33.8 Å². The molecule has 28 heavy (non-hydrogen) atoms. The molecule has 0 saturated carbocycles. The second-order valence-electron chi connectivity index (χ2n) is 6.96. The smallest absolute Gasteiger partial charge is 0.326 e. The van der Waals surface area contributed by atoms with E-state index in [4.69, 9.17) is 4.74 Å². The molecule has 6 heteroatoms. The lowest BCUT2D eigenvalue weighted by molar-refractivity contribution is -0.142. The van der Waals surface area contributed by atoms with E-state index in [1.54, 1.807) is 12.1 Å². The van der Waals surface area contributed by atoms with Crippen LogP contribution >= 0.6 is 0 Å². The summed E-state index contributed by atoms with van der Waals surface area (Å²) in [7, 11) is 0. The highest BCUT2D eigenvalue weighted by molar-refractivity contribution is 6.22. The van der Waals surface area contributed by atoms with E-state index >= 15 is 0 Å². The average molecular weight is 379 g/mol. The maximum atomic E-state index is 12.6. The molecule has 2 aromatic carbocycles. The number of ether oxygens (including phenoxy) is 1. The van der Waals surface area contributed by atoms with E-state index in [9.17, 15) is 19.2 Å². The van der Waals surface area contributed by atoms with Gasteiger partial charge in [0.15, 0.2) is 6.61 Å². The van der Waals surface area contributed by atoms with Crippen LogP contribution in [0.25, 0.3) is 0 Å². The molecule has 0 N–H and O–H groups in total. The van der Waals surface area contributed by atoms with E-state index in [-0.39, 0.29) is 16.9 Å². The van der Waals surface area contributed by atoms with E-state index in [2.05, 4.69) is 0 Å². The monoisotopic (exact) mass is 379 g/mol. The van der Waals surface area contributed by atoms with Crippen molar-refractivity contribution in [3.63, 3.8) is 0 Å². The van der Waals surface area contributed by atoms with Crippen molar-refractivity contribution in [1.29, 1.82) is 0 Å². The zero-order chi connectivity index (χ0) is 20.6. The van der Waals surface area contributed by atoms with Crippen molar-refractivity contribution in [3.05, 3.63) is 69.3 Å². The fourth-order valence-corrected chi connectivity index (χ4v) is 3.41. The third kappa shape index (κ3) is 3.33. The van der Waals surface area contributed by atoms with Gasteiger partial charge in [0, 0.05) is 5.56 Å². The summed E-state index contributed by atoms with van der Waals surface area (Å²) in [6.45, 7) is 6.60. The molecule has 0 fully saturated rings. The predicted octanol–water partition coefficient (Wildman–Crippen LogP) is 2.94. The summed E-state index contributed by atoms with van der Waals surface area (Å²) >= 11 is 0. The van der Waals surface area contributed by atoms with Gasteiger partial charge in [-0.2, -0.15) is 0 Å². The molecule has 6 nitrogen and oxygen atoms in total. The number of Topliss-reactive ketones (excluding diaryl/α,β-unsaturated/α-hetero) is 1. The van der Waals surface area contributed by atoms with Crippen molar-refractivity contribution in [3.8, 4) is 0 Å². The largest absolute Gasteiger partial charge is 0.456 e. The van der Waals surface area contributed by atoms with Crippen LogP contribution in [-0.4, -0.2) is 41.6 Å². The summed E-state index contributed by atoms with van der Waals surface area (Å²) < 4.78 is 5.07. The Bertz CT molecular complexity index is 961. The molecule has 1 aliphatic rings. The van der Waals surface area contributed by atoms with E-state index in [1.165, 1.54) is 12.1 Å². The van der Waals surface area contributed by atoms with E-state index < -0.39 is 30.9 Å². The van der Waals surface area contributed by atoms with E-state index in [0.717, 1.165) is 27.2 Å². The first kappa shape index (κ1) is 19.5. The number of hydrogen-bond donors (Lipinski definition) is 0. The van der Waals surface area contributed by atoms with Crippen molar-refractivity contribution in [2.75, 3.05) is 13.2 Å². The molecule has 0 radical (unpaired) electrons. The first-order valence-corrected chi connectivity index (χ1v) is 8.93. The Balaban J connectivity index is 1.67. The number of fused-ring (bicyclic) bond motifs is 1. The van der Waals surface area contributed by atoms with Crippen LogP contribution in [0.5, 0.6) is 0 Å². The number of amides is 2. The number of aryl methyl sites for hydroxylation is 2. The normalized spacial score (nSPS) is 12.9. The number of carbonyl (C=O) groups excluding carboxylic acids is 4. The molecule has 2 amide bonds. The minimum atomic E-state index is -0.803. The molecule has 3 rings (SSSR count). The van der Waals surface area contributed by atoms with Gasteiger partial charge in [-0.25, -0.2) is 0 Å². The SMILES string of the molecule is Cc1cc(C)c(C)c(C(=O)COC(=O)CN2C(=O)c3ccccc3C2=O)c1C. The van der Waals surface area contributed by atoms with Gasteiger partial charge in [0.1, 0.15) is 6.54 Å². The fraction of sp³-hybridized carbons (Fsp3) is 0.273. The standard InChI is InChI=1S/C22H21NO5/c1-12-9-13(2)15(4)20(14(12)3)18(24)11-28-19(25)10-23-21(26)16-7-5-6-8-17(16)22(23)27/h5-9H,10-11H2,1-4H3. The van der Waals surface area contributed by atoms with Gasteiger partial charge in [-0.05, 0) is 62.1 Å². The van der Waals surface area contributed by atoms with Crippen molar-refractivity contribution in [2.45, 2.75) is 27.7 Å². The highest BCUT2D eigenvalue weighted by atomic mass is 16.5. The summed E-state index contributed by atoms with van der Waals surface area (Å²) in [6.07, 6.45) is 0. The first-order valence-electron chi connectivity index (χ1n) is 8.93. The molecule has 1 heterocycles. The van der Waals surface area contributed by atoms with Crippen LogP contribution in [0.3, 0.4) is 0 Å². The molecule has 0 aromatic heterocycles. The van der Waals surface area contributed by atoms with Gasteiger partial charge in [0.2, 0.25) is 5.78 Å². The summed E-state index contributed by atoms with van der Waals surface area (Å²) in [5.74, 6) is -2.19. The second kappa shape index (κ2) is 7.38. The zero-order valence-corrected chi connectivity index (χ0v) is 16.3. The lowest BCUT2D eigenvalue weighted by atomic mass is 9.92. The molecule has 1 aliphatic heterocycles. The Morgan fingerprint density at radius 2 is 1.39 bits per heavy atom. The summed E-state index contributed by atoms with van der Waals surface area (Å²) in [5, 5.41) is 0. The predicted molar refractivity (Wildman–Crippen MR) is 102 cm³/mol. The summed E-state index contributed by atoms with van der Waals surface area (Å²) in [4.78, 5) is 50.2. The maximum absolute atomic E-state index is 12.6. The van der Waals surface area contributed by atoms with E-state index in [0.29, 0.717) is 5.56 Å². The van der Waals surface area contributed by atoms with Gasteiger partial charge < -0.3 is 4.74 Å². The lowest BCUT2D eigenvalue weighted by Gasteiger charge is -2.15. The number of benzene rings is 2. The number of ketones is 1. The van der Waals surface area contributed by atoms with Crippen molar-refractivity contribution >= 4 is 23.6 Å². The molecule has 0 saturated heterocycles. The van der Waals surface area contributed by atoms with Gasteiger partial charge in [-0.1, -0.05) is 18.2 Å². The van der Waals surface area contributed by atoms with Crippen LogP contribution in [0, 0.1) is 27.7 Å². The van der Waals surface area contributed by atoms with Crippen LogP contribution in [-0.2, 0) is 9.53 Å². The van der Waals surface area contributed by atoms with Gasteiger partial charge in [0.05, 0.1) is 11.1 Å². The molecule has 0 spiro atoms. The highest BCUT2D eigenvalue weighted by Gasteiger charge is 2.36. The third-order valence-corrected chi connectivity index (χ3v) is 5.17. The quantitative estimate of drug-likeness (QED) is 0.453. The Hall–Kier alpha value is -3.28. The van der Waals surface area contributed by atoms with Crippen LogP contribution < -0.4 is 0 Å². The number of esters is 1. The first-order chi connectivity index (χ1) is 13.2. The van der Waals surface area contributed by atoms with Gasteiger partial charge in [-0.3, -0.25) is 24.1 Å². The Kier molecular flexibility index (Phi) is 5.14. The van der Waals surface area contributed by atoms with Crippen molar-refractivity contribution < 1.29 is 23.9 Å². The fourth-order valence-electron chi connectivity index (χ4n) is 3.41. The number of hydrogen-bond acceptors (Lipinski definition) is 5. The molecule has 144 valence electrons. The molecule has 0 unspecified atom stereocenters. The Morgan fingerprint density at radius 1 is 0.893 bits per heavy atom. The molecule has 2 aromatic rings. The maximum Gasteiger partial charge on any atom is 0.326 e. The average Bonchev–Trinajstić information content (AvgIpc) is 2.90. The van der Waals surface area contributed by atoms with Crippen molar-refractivity contribution in [2.24, 2.45) is 0 Å². The van der Waals surface area contributed by atoms with Gasteiger partial charge in [0.25, 0.3) is 11.8 Å². The minimum absolute atomic E-state index is 0.262. The zero-order valence-electron chi connectivity index (χ0n) is 16.3. The summed E-state index contributed by atoms with van der Waals surface area (Å²) in [5.41, 5.74) is 4.75. The third-order valence-electron chi connectivity index (χ3n) is 5.17. The molecular weight excluding hydrogens is 358 g/mol. The van der Waals surface area contributed by atoms with Crippen LogP contribution in [0.4, 0.5) is 0 Å². The number of imide groups is 1. The Morgan fingerprint density at radius 3 is 1.89 bits per heavy atom. The highest BCUT2D eigenvalue weighted by Crippen LogP contribution is 2.23. The topological polar surface area (TPSA) is 80.8 Å². The van der Waals surface area contributed by atoms with Gasteiger partial charge >= 0.3 is 5.97 Å². The molecule has 0 atom stereocenters. The van der Waals surface area contributed by atoms with Crippen LogP contribution in [0.1, 0.15) is 53.3 Å². The minimum Gasteiger partial charge on any atom is -0.456 e. The lowest BCUT2D eigenvalue weighted by Crippen LogP contribution is -2.36. The number of nitrogens with zero attached hydrogens (tertiary/aromatic N) is 1. The second-order valence-corrected chi connectivity index (χ2v) is 6.96. The van der Waals surface area contributed by atoms with Gasteiger partial charge in [-0.15, -0.1) is 0 Å². The number of carbonyl (C=O) groups is 4. The molecule has 0 aliphatic carbocycles. The number of rotatable bonds is 5. The summed E-state index contributed by atoms with van der Waals surface area (Å²) in [6, 6.07) is 8.39. The van der Waals surface area contributed by atoms with Crippen LogP contribution in [0.2, 0.25) is 0 Å². The Labute approximate surface area is 163 Å². The molecular formula is C22H21NO5. The van der Waals surface area contributed by atoms with Crippen molar-refractivity contribution in [1.82, 2.24) is 4.90 Å². The molecule has 0 bridgehead atoms.